The molecule has 3 aromatic rings. The van der Waals surface area contributed by atoms with E-state index in [1.807, 2.05) is 31.2 Å². The lowest BCUT2D eigenvalue weighted by molar-refractivity contribution is 0.289. The molecule has 0 radical (unpaired) electrons. The Morgan fingerprint density at radius 1 is 1.19 bits per heavy atom. The first-order valence-electron chi connectivity index (χ1n) is 10.2. The molecule has 1 aliphatic rings. The fourth-order valence-electron chi connectivity index (χ4n) is 4.11. The maximum absolute atomic E-state index is 9.90. The number of pyridine rings is 1. The molecule has 31 heavy (non-hydrogen) atoms. The molecule has 2 unspecified atom stereocenters. The number of fused-ring (bicyclic) bond motifs is 1. The molecule has 0 saturated carbocycles. The molecule has 0 spiro atoms. The molecule has 7 heteroatoms. The van der Waals surface area contributed by atoms with E-state index >= 15 is 0 Å². The Kier molecular flexibility index (Phi) is 5.92. The lowest BCUT2D eigenvalue weighted by Gasteiger charge is -2.28. The van der Waals surface area contributed by atoms with Crippen molar-refractivity contribution in [1.29, 1.82) is 5.26 Å². The van der Waals surface area contributed by atoms with Crippen LogP contribution in [0.4, 0.5) is 11.6 Å². The third kappa shape index (κ3) is 3.98. The second-order valence-electron chi connectivity index (χ2n) is 7.55. The van der Waals surface area contributed by atoms with Gasteiger partial charge in [-0.1, -0.05) is 35.9 Å². The number of benzene rings is 1. The Morgan fingerprint density at radius 2 is 2.00 bits per heavy atom. The predicted octanol–water partition coefficient (Wildman–Crippen LogP) is 3.07. The van der Waals surface area contributed by atoms with Crippen molar-refractivity contribution in [2.24, 2.45) is 0 Å². The molecule has 0 saturated heterocycles. The van der Waals surface area contributed by atoms with Gasteiger partial charge >= 0.3 is 0 Å². The Hall–Kier alpha value is -3.76. The number of nitrogen functional groups attached to an aromatic ring is 1. The van der Waals surface area contributed by atoms with Gasteiger partial charge in [-0.3, -0.25) is 4.98 Å². The predicted molar refractivity (Wildman–Crippen MR) is 120 cm³/mol. The topological polar surface area (TPSA) is 112 Å². The van der Waals surface area contributed by atoms with Crippen molar-refractivity contribution in [1.82, 2.24) is 15.0 Å². The Morgan fingerprint density at radius 3 is 2.68 bits per heavy atom. The zero-order chi connectivity index (χ0) is 21.8. The first-order valence-corrected chi connectivity index (χ1v) is 10.2. The van der Waals surface area contributed by atoms with Crippen molar-refractivity contribution in [3.63, 3.8) is 0 Å². The van der Waals surface area contributed by atoms with Crippen molar-refractivity contribution < 1.29 is 5.11 Å². The van der Waals surface area contributed by atoms with Crippen LogP contribution < -0.4 is 10.6 Å². The average molecular weight is 412 g/mol. The number of nitrogens with two attached hydrogens (primary N) is 1. The molecule has 7 nitrogen and oxygen atoms in total. The van der Waals surface area contributed by atoms with Crippen molar-refractivity contribution in [3.05, 3.63) is 83.4 Å². The minimum atomic E-state index is -0.222. The van der Waals surface area contributed by atoms with E-state index in [0.717, 1.165) is 22.5 Å². The van der Waals surface area contributed by atoms with Crippen LogP contribution in [-0.2, 0) is 0 Å². The van der Waals surface area contributed by atoms with Crippen LogP contribution in [0.15, 0.2) is 61.1 Å². The fourth-order valence-corrected chi connectivity index (χ4v) is 4.11. The summed E-state index contributed by atoms with van der Waals surface area (Å²) in [6.45, 7) is 2.68. The monoisotopic (exact) mass is 412 g/mol. The number of rotatable bonds is 6. The van der Waals surface area contributed by atoms with E-state index in [1.54, 1.807) is 6.20 Å². The van der Waals surface area contributed by atoms with E-state index in [2.05, 4.69) is 50.2 Å². The van der Waals surface area contributed by atoms with Crippen LogP contribution in [0, 0.1) is 18.3 Å². The maximum Gasteiger partial charge on any atom is 0.138 e. The van der Waals surface area contributed by atoms with E-state index in [4.69, 9.17) is 5.73 Å². The van der Waals surface area contributed by atoms with Crippen LogP contribution in [0.2, 0.25) is 0 Å². The second-order valence-corrected chi connectivity index (χ2v) is 7.55. The summed E-state index contributed by atoms with van der Waals surface area (Å²) in [5, 5.41) is 19.4. The van der Waals surface area contributed by atoms with Crippen LogP contribution in [0.5, 0.6) is 0 Å². The highest BCUT2D eigenvalue weighted by atomic mass is 16.3. The van der Waals surface area contributed by atoms with E-state index in [9.17, 15) is 10.4 Å². The van der Waals surface area contributed by atoms with Crippen LogP contribution in [-0.4, -0.2) is 39.3 Å². The first kappa shape index (κ1) is 20.5. The second kappa shape index (κ2) is 8.94. The Balaban J connectivity index is 1.89. The summed E-state index contributed by atoms with van der Waals surface area (Å²) in [5.74, 6) is 1.02. The van der Waals surface area contributed by atoms with Gasteiger partial charge in [0.25, 0.3) is 0 Å². The van der Waals surface area contributed by atoms with Crippen LogP contribution in [0.1, 0.15) is 34.7 Å². The van der Waals surface area contributed by atoms with Gasteiger partial charge in [-0.25, -0.2) is 9.97 Å². The van der Waals surface area contributed by atoms with Gasteiger partial charge < -0.3 is 15.7 Å². The molecular weight excluding hydrogens is 388 g/mol. The molecule has 156 valence electrons. The fraction of sp³-hybridized carbons (Fsp3) is 0.250. The lowest BCUT2D eigenvalue weighted by Crippen LogP contribution is -2.35. The van der Waals surface area contributed by atoms with E-state index < -0.39 is 0 Å². The quantitative estimate of drug-likeness (QED) is 0.598. The number of hydrogen-bond donors (Lipinski definition) is 2. The van der Waals surface area contributed by atoms with Gasteiger partial charge in [0.05, 0.1) is 17.3 Å². The number of aromatic nitrogens is 3. The molecule has 1 aliphatic heterocycles. The van der Waals surface area contributed by atoms with Gasteiger partial charge in [-0.15, -0.1) is 0 Å². The molecule has 0 aliphatic carbocycles. The summed E-state index contributed by atoms with van der Waals surface area (Å²) in [6, 6.07) is 15.9. The van der Waals surface area contributed by atoms with Crippen LogP contribution in [0.3, 0.4) is 0 Å². The standard InChI is InChI=1S/C24H24N6O/c1-16-6-8-17(9-7-16)21-20(13-18(14-25)19-5-2-3-10-27-19)30(11-4-12-31)24-22(21)23(26)28-15-29-24/h2-3,5-10,13,15,20-21,31H,4,11-12H2,1H3,(H2,26,28,29)/b18-13+. The van der Waals surface area contributed by atoms with Gasteiger partial charge in [-0.05, 0) is 37.1 Å². The van der Waals surface area contributed by atoms with Crippen molar-refractivity contribution in [2.75, 3.05) is 23.8 Å². The van der Waals surface area contributed by atoms with Crippen molar-refractivity contribution >= 4 is 17.2 Å². The summed E-state index contributed by atoms with van der Waals surface area (Å²) < 4.78 is 0. The van der Waals surface area contributed by atoms with Gasteiger partial charge in [-0.2, -0.15) is 5.26 Å². The number of nitrogens with zero attached hydrogens (tertiary/aromatic N) is 5. The van der Waals surface area contributed by atoms with Crippen LogP contribution >= 0.6 is 0 Å². The summed E-state index contributed by atoms with van der Waals surface area (Å²) >= 11 is 0. The normalized spacial score (nSPS) is 18.0. The summed E-state index contributed by atoms with van der Waals surface area (Å²) in [6.07, 6.45) is 5.64. The number of aliphatic hydroxyl groups excluding tert-OH is 1. The molecule has 0 bridgehead atoms. The molecule has 3 N–H and O–H groups in total. The molecule has 0 fully saturated rings. The molecule has 3 heterocycles. The SMILES string of the molecule is Cc1ccc(C2c3c(N)ncnc3N(CCCO)C2/C=C(\C#N)c2ccccn2)cc1. The van der Waals surface area contributed by atoms with E-state index in [0.29, 0.717) is 30.1 Å². The number of anilines is 2. The number of nitriles is 1. The van der Waals surface area contributed by atoms with Crippen molar-refractivity contribution in [2.45, 2.75) is 25.3 Å². The highest BCUT2D eigenvalue weighted by Crippen LogP contribution is 2.46. The molecule has 1 aromatic carbocycles. The van der Waals surface area contributed by atoms with Gasteiger partial charge in [0.1, 0.15) is 24.0 Å². The number of aryl methyl sites for hydroxylation is 1. The van der Waals surface area contributed by atoms with Crippen molar-refractivity contribution in [3.8, 4) is 6.07 Å². The first-order chi connectivity index (χ1) is 15.1. The van der Waals surface area contributed by atoms with E-state index in [-0.39, 0.29) is 18.6 Å². The molecule has 2 aromatic heterocycles. The molecule has 0 amide bonds. The number of allylic oxidation sites excluding steroid dienone is 1. The minimum absolute atomic E-state index is 0.0589. The Labute approximate surface area is 181 Å². The molecule has 4 rings (SSSR count). The molecular formula is C24H24N6O. The molecule has 2 atom stereocenters. The summed E-state index contributed by atoms with van der Waals surface area (Å²) in [5.41, 5.74) is 10.5. The third-order valence-electron chi connectivity index (χ3n) is 5.57. The van der Waals surface area contributed by atoms with Gasteiger partial charge in [0, 0.05) is 30.8 Å². The largest absolute Gasteiger partial charge is 0.396 e. The summed E-state index contributed by atoms with van der Waals surface area (Å²) in [7, 11) is 0. The minimum Gasteiger partial charge on any atom is -0.396 e. The van der Waals surface area contributed by atoms with Gasteiger partial charge in [0.2, 0.25) is 0 Å². The maximum atomic E-state index is 9.90. The third-order valence-corrected chi connectivity index (χ3v) is 5.57. The van der Waals surface area contributed by atoms with E-state index in [1.165, 1.54) is 6.33 Å². The number of aliphatic hydroxyl groups is 1. The number of hydrogen-bond acceptors (Lipinski definition) is 7. The highest BCUT2D eigenvalue weighted by Gasteiger charge is 2.41. The zero-order valence-electron chi connectivity index (χ0n) is 17.3. The summed E-state index contributed by atoms with van der Waals surface area (Å²) in [4.78, 5) is 15.2. The average Bonchev–Trinajstić information content (AvgIpc) is 3.11. The lowest BCUT2D eigenvalue weighted by atomic mass is 9.86. The smallest absolute Gasteiger partial charge is 0.138 e. The van der Waals surface area contributed by atoms with Crippen LogP contribution in [0.25, 0.3) is 5.57 Å². The van der Waals surface area contributed by atoms with Gasteiger partial charge in [0.15, 0.2) is 0 Å². The highest BCUT2D eigenvalue weighted by molar-refractivity contribution is 5.78. The Bertz CT molecular complexity index is 1120. The zero-order valence-corrected chi connectivity index (χ0v) is 17.3.